The van der Waals surface area contributed by atoms with Gasteiger partial charge in [-0.25, -0.2) is 4.79 Å². The highest BCUT2D eigenvalue weighted by atomic mass is 16.4. The summed E-state index contributed by atoms with van der Waals surface area (Å²) in [6, 6.07) is 9.53. The summed E-state index contributed by atoms with van der Waals surface area (Å²) >= 11 is 0. The molecule has 0 aliphatic rings. The Morgan fingerprint density at radius 2 is 1.94 bits per heavy atom. The number of aromatic nitrogens is 2. The lowest BCUT2D eigenvalue weighted by Gasteiger charge is -2.06. The Labute approximate surface area is 92.6 Å². The topological polar surface area (TPSA) is 63.1 Å². The maximum Gasteiger partial charge on any atom is 0.356 e. The lowest BCUT2D eigenvalue weighted by molar-refractivity contribution is 0.0688. The molecule has 1 aromatic carbocycles. The minimum Gasteiger partial charge on any atom is -0.476 e. The average Bonchev–Trinajstić information content (AvgIpc) is 2.30. The Balaban J connectivity index is 2.59. The molecule has 4 nitrogen and oxygen atoms in total. The third-order valence-corrected chi connectivity index (χ3v) is 2.39. The molecule has 0 saturated carbocycles. The van der Waals surface area contributed by atoms with E-state index in [1.54, 1.807) is 13.1 Å². The molecule has 1 N–H and O–H groups in total. The minimum absolute atomic E-state index is 0.00125. The third-order valence-electron chi connectivity index (χ3n) is 2.39. The van der Waals surface area contributed by atoms with Gasteiger partial charge >= 0.3 is 5.97 Å². The van der Waals surface area contributed by atoms with Gasteiger partial charge in [-0.15, -0.1) is 5.10 Å². The van der Waals surface area contributed by atoms with E-state index in [1.807, 2.05) is 30.3 Å². The van der Waals surface area contributed by atoms with Gasteiger partial charge in [-0.2, -0.15) is 5.10 Å². The lowest BCUT2D eigenvalue weighted by atomic mass is 10.0. The molecule has 0 fully saturated rings. The molecule has 0 aliphatic heterocycles. The quantitative estimate of drug-likeness (QED) is 0.831. The lowest BCUT2D eigenvalue weighted by Crippen LogP contribution is -2.06. The fraction of sp³-hybridized carbons (Fsp3) is 0.0833. The number of carboxylic acid groups (broad SMARTS) is 1. The Hall–Kier alpha value is -2.23. The number of nitrogens with zero attached hydrogens (tertiary/aromatic N) is 2. The van der Waals surface area contributed by atoms with Crippen LogP contribution in [0.2, 0.25) is 0 Å². The van der Waals surface area contributed by atoms with Crippen molar-refractivity contribution >= 4 is 5.97 Å². The summed E-state index contributed by atoms with van der Waals surface area (Å²) in [6.45, 7) is 1.74. The van der Waals surface area contributed by atoms with E-state index < -0.39 is 5.97 Å². The van der Waals surface area contributed by atoms with Crippen LogP contribution in [0.5, 0.6) is 0 Å². The number of carboxylic acids is 1. The van der Waals surface area contributed by atoms with Crippen molar-refractivity contribution in [1.82, 2.24) is 10.2 Å². The summed E-state index contributed by atoms with van der Waals surface area (Å²) in [5.74, 6) is -1.05. The molecule has 2 aromatic rings. The summed E-state index contributed by atoms with van der Waals surface area (Å²) in [7, 11) is 0. The van der Waals surface area contributed by atoms with Crippen molar-refractivity contribution in [3.63, 3.8) is 0 Å². The largest absolute Gasteiger partial charge is 0.476 e. The van der Waals surface area contributed by atoms with Crippen molar-refractivity contribution in [1.29, 1.82) is 0 Å². The Morgan fingerprint density at radius 3 is 2.56 bits per heavy atom. The van der Waals surface area contributed by atoms with Crippen LogP contribution in [0, 0.1) is 6.92 Å². The first-order valence-electron chi connectivity index (χ1n) is 4.81. The van der Waals surface area contributed by atoms with Gasteiger partial charge in [-0.1, -0.05) is 30.3 Å². The number of benzene rings is 1. The van der Waals surface area contributed by atoms with Gasteiger partial charge in [0.2, 0.25) is 0 Å². The summed E-state index contributed by atoms with van der Waals surface area (Å²) in [6.07, 6.45) is 1.58. The number of hydrogen-bond donors (Lipinski definition) is 1. The van der Waals surface area contributed by atoms with Gasteiger partial charge in [0, 0.05) is 5.56 Å². The van der Waals surface area contributed by atoms with Gasteiger partial charge in [0.15, 0.2) is 5.69 Å². The van der Waals surface area contributed by atoms with E-state index in [4.69, 9.17) is 5.11 Å². The molecule has 0 unspecified atom stereocenters. The first-order chi connectivity index (χ1) is 7.70. The van der Waals surface area contributed by atoms with Crippen LogP contribution in [0.15, 0.2) is 36.5 Å². The average molecular weight is 214 g/mol. The van der Waals surface area contributed by atoms with Crippen LogP contribution < -0.4 is 0 Å². The molecule has 0 radical (unpaired) electrons. The first-order valence-corrected chi connectivity index (χ1v) is 4.81. The van der Waals surface area contributed by atoms with Gasteiger partial charge in [0.25, 0.3) is 0 Å². The fourth-order valence-electron chi connectivity index (χ4n) is 1.56. The normalized spacial score (nSPS) is 10.1. The molecule has 1 aromatic heterocycles. The summed E-state index contributed by atoms with van der Waals surface area (Å²) in [4.78, 5) is 10.9. The molecule has 0 saturated heterocycles. The highest BCUT2D eigenvalue weighted by Gasteiger charge is 2.13. The molecule has 16 heavy (non-hydrogen) atoms. The van der Waals surface area contributed by atoms with Crippen molar-refractivity contribution in [3.05, 3.63) is 47.8 Å². The van der Waals surface area contributed by atoms with E-state index in [9.17, 15) is 4.79 Å². The van der Waals surface area contributed by atoms with E-state index in [2.05, 4.69) is 10.2 Å². The van der Waals surface area contributed by atoms with E-state index in [-0.39, 0.29) is 5.69 Å². The Morgan fingerprint density at radius 1 is 1.25 bits per heavy atom. The number of hydrogen-bond acceptors (Lipinski definition) is 3. The maximum absolute atomic E-state index is 10.9. The summed E-state index contributed by atoms with van der Waals surface area (Å²) < 4.78 is 0. The van der Waals surface area contributed by atoms with Crippen LogP contribution in [0.1, 0.15) is 16.1 Å². The predicted molar refractivity (Wildman–Crippen MR) is 59.2 cm³/mol. The standard InChI is InChI=1S/C12H10N2O2/c1-8-10(9-5-3-2-4-6-9)7-13-14-11(8)12(15)16/h2-7H,1H3,(H,15,16). The van der Waals surface area contributed by atoms with Crippen LogP contribution >= 0.6 is 0 Å². The molecule has 80 valence electrons. The van der Waals surface area contributed by atoms with Gasteiger partial charge < -0.3 is 5.11 Å². The van der Waals surface area contributed by atoms with Gasteiger partial charge in [-0.3, -0.25) is 0 Å². The second kappa shape index (κ2) is 4.10. The molecule has 1 heterocycles. The highest BCUT2D eigenvalue weighted by Crippen LogP contribution is 2.23. The van der Waals surface area contributed by atoms with Crippen molar-refractivity contribution in [3.8, 4) is 11.1 Å². The number of rotatable bonds is 2. The van der Waals surface area contributed by atoms with Gasteiger partial charge in [0.1, 0.15) is 0 Å². The van der Waals surface area contributed by atoms with Crippen LogP contribution in [0.25, 0.3) is 11.1 Å². The third kappa shape index (κ3) is 1.77. The molecule has 0 spiro atoms. The molecule has 0 amide bonds. The number of aromatic carboxylic acids is 1. The molecule has 4 heteroatoms. The van der Waals surface area contributed by atoms with Crippen molar-refractivity contribution < 1.29 is 9.90 Å². The molecule has 2 rings (SSSR count). The zero-order valence-electron chi connectivity index (χ0n) is 8.71. The SMILES string of the molecule is Cc1c(-c2ccccc2)cnnc1C(=O)O. The van der Waals surface area contributed by atoms with Gasteiger partial charge in [-0.05, 0) is 18.1 Å². The summed E-state index contributed by atoms with van der Waals surface area (Å²) in [5, 5.41) is 16.3. The predicted octanol–water partition coefficient (Wildman–Crippen LogP) is 2.15. The Kier molecular flexibility index (Phi) is 2.64. The molecule has 0 atom stereocenters. The fourth-order valence-corrected chi connectivity index (χ4v) is 1.56. The molecule has 0 aliphatic carbocycles. The van der Waals surface area contributed by atoms with Crippen molar-refractivity contribution in [2.45, 2.75) is 6.92 Å². The monoisotopic (exact) mass is 214 g/mol. The van der Waals surface area contributed by atoms with E-state index in [1.165, 1.54) is 0 Å². The van der Waals surface area contributed by atoms with Crippen LogP contribution in [-0.2, 0) is 0 Å². The molecular formula is C12H10N2O2. The van der Waals surface area contributed by atoms with Crippen LogP contribution in [0.4, 0.5) is 0 Å². The molecule has 0 bridgehead atoms. The first kappa shape index (κ1) is 10.3. The van der Waals surface area contributed by atoms with E-state index >= 15 is 0 Å². The van der Waals surface area contributed by atoms with E-state index in [0.717, 1.165) is 11.1 Å². The van der Waals surface area contributed by atoms with Crippen LogP contribution in [0.3, 0.4) is 0 Å². The maximum atomic E-state index is 10.9. The number of carbonyl (C=O) groups is 1. The smallest absolute Gasteiger partial charge is 0.356 e. The minimum atomic E-state index is -1.05. The summed E-state index contributed by atoms with van der Waals surface area (Å²) in [5.41, 5.74) is 2.38. The Bertz CT molecular complexity index is 524. The van der Waals surface area contributed by atoms with Crippen molar-refractivity contribution in [2.75, 3.05) is 0 Å². The molecular weight excluding hydrogens is 204 g/mol. The zero-order chi connectivity index (χ0) is 11.5. The van der Waals surface area contributed by atoms with E-state index in [0.29, 0.717) is 5.56 Å². The van der Waals surface area contributed by atoms with Crippen LogP contribution in [-0.4, -0.2) is 21.3 Å². The van der Waals surface area contributed by atoms with Crippen molar-refractivity contribution in [2.24, 2.45) is 0 Å². The highest BCUT2D eigenvalue weighted by molar-refractivity contribution is 5.89. The van der Waals surface area contributed by atoms with Gasteiger partial charge in [0.05, 0.1) is 6.20 Å². The second-order valence-electron chi connectivity index (χ2n) is 3.40. The zero-order valence-corrected chi connectivity index (χ0v) is 8.71. The second-order valence-corrected chi connectivity index (χ2v) is 3.40.